The molecular weight excluding hydrogens is 215 g/mol. The molecule has 0 amide bonds. The molecular formula is C12H14F3N. The summed E-state index contributed by atoms with van der Waals surface area (Å²) < 4.78 is 39.6. The lowest BCUT2D eigenvalue weighted by atomic mass is 9.76. The minimum atomic E-state index is -4.25. The third-order valence-electron chi connectivity index (χ3n) is 3.39. The first-order valence-electron chi connectivity index (χ1n) is 5.35. The van der Waals surface area contributed by atoms with E-state index in [0.29, 0.717) is 12.0 Å². The molecule has 2 rings (SSSR count). The van der Waals surface area contributed by atoms with Crippen molar-refractivity contribution in [1.82, 2.24) is 5.32 Å². The Balaban J connectivity index is 2.58. The van der Waals surface area contributed by atoms with Gasteiger partial charge in [-0.25, -0.2) is 0 Å². The van der Waals surface area contributed by atoms with E-state index in [1.165, 1.54) is 7.05 Å². The maximum Gasteiger partial charge on any atom is 0.410 e. The van der Waals surface area contributed by atoms with Gasteiger partial charge in [0, 0.05) is 0 Å². The van der Waals surface area contributed by atoms with Gasteiger partial charge in [-0.2, -0.15) is 13.2 Å². The zero-order valence-corrected chi connectivity index (χ0v) is 9.06. The molecule has 4 heteroatoms. The van der Waals surface area contributed by atoms with E-state index in [2.05, 4.69) is 5.32 Å². The summed E-state index contributed by atoms with van der Waals surface area (Å²) in [5.41, 5.74) is -0.668. The van der Waals surface area contributed by atoms with Gasteiger partial charge in [0.15, 0.2) is 0 Å². The van der Waals surface area contributed by atoms with Crippen LogP contribution in [0.3, 0.4) is 0 Å². The minimum Gasteiger partial charge on any atom is -0.303 e. The van der Waals surface area contributed by atoms with Crippen LogP contribution in [0.4, 0.5) is 13.2 Å². The Morgan fingerprint density at radius 1 is 1.25 bits per heavy atom. The second-order valence-corrected chi connectivity index (χ2v) is 4.16. The summed E-state index contributed by atoms with van der Waals surface area (Å²) in [6, 6.07) is 6.83. The van der Waals surface area contributed by atoms with Gasteiger partial charge in [0.25, 0.3) is 0 Å². The van der Waals surface area contributed by atoms with E-state index in [9.17, 15) is 13.2 Å². The second-order valence-electron chi connectivity index (χ2n) is 4.16. The molecule has 0 fully saturated rings. The van der Waals surface area contributed by atoms with Crippen molar-refractivity contribution in [3.05, 3.63) is 35.4 Å². The Hall–Kier alpha value is -1.03. The molecule has 1 atom stereocenters. The van der Waals surface area contributed by atoms with E-state index in [0.717, 1.165) is 12.0 Å². The number of rotatable bonds is 1. The fraction of sp³-hybridized carbons (Fsp3) is 0.500. The van der Waals surface area contributed by atoms with Crippen LogP contribution in [0.25, 0.3) is 0 Å². The van der Waals surface area contributed by atoms with Gasteiger partial charge in [-0.05, 0) is 37.4 Å². The number of aryl methyl sites for hydroxylation is 1. The van der Waals surface area contributed by atoms with E-state index < -0.39 is 11.7 Å². The molecule has 16 heavy (non-hydrogen) atoms. The molecule has 1 aromatic rings. The summed E-state index contributed by atoms with van der Waals surface area (Å²) >= 11 is 0. The number of fused-ring (bicyclic) bond motifs is 1. The summed E-state index contributed by atoms with van der Waals surface area (Å²) in [7, 11) is 1.38. The Bertz CT molecular complexity index is 386. The topological polar surface area (TPSA) is 12.0 Å². The summed E-state index contributed by atoms with van der Waals surface area (Å²) in [6.45, 7) is 0. The molecule has 0 aliphatic heterocycles. The van der Waals surface area contributed by atoms with Crippen LogP contribution in [0.15, 0.2) is 24.3 Å². The molecule has 1 aliphatic rings. The van der Waals surface area contributed by atoms with Gasteiger partial charge in [-0.3, -0.25) is 0 Å². The Morgan fingerprint density at radius 2 is 1.94 bits per heavy atom. The fourth-order valence-corrected chi connectivity index (χ4v) is 2.53. The molecule has 1 unspecified atom stereocenters. The van der Waals surface area contributed by atoms with Crippen molar-refractivity contribution in [3.63, 3.8) is 0 Å². The molecule has 1 N–H and O–H groups in total. The van der Waals surface area contributed by atoms with E-state index >= 15 is 0 Å². The predicted molar refractivity (Wildman–Crippen MR) is 56.2 cm³/mol. The van der Waals surface area contributed by atoms with Crippen molar-refractivity contribution >= 4 is 0 Å². The number of alkyl halides is 3. The number of halogens is 3. The molecule has 0 bridgehead atoms. The molecule has 0 heterocycles. The SMILES string of the molecule is CNC1(C(F)(F)F)CCCc2ccccc21. The highest BCUT2D eigenvalue weighted by Gasteiger charge is 2.56. The maximum absolute atomic E-state index is 13.2. The zero-order valence-electron chi connectivity index (χ0n) is 9.06. The first-order chi connectivity index (χ1) is 7.51. The molecule has 0 aromatic heterocycles. The maximum atomic E-state index is 13.2. The van der Waals surface area contributed by atoms with Crippen molar-refractivity contribution in [3.8, 4) is 0 Å². The van der Waals surface area contributed by atoms with Crippen LogP contribution in [0, 0.1) is 0 Å². The summed E-state index contributed by atoms with van der Waals surface area (Å²) in [4.78, 5) is 0. The fourth-order valence-electron chi connectivity index (χ4n) is 2.53. The summed E-state index contributed by atoms with van der Waals surface area (Å²) in [6.07, 6.45) is -2.84. The highest BCUT2D eigenvalue weighted by atomic mass is 19.4. The molecule has 0 saturated heterocycles. The number of hydrogen-bond acceptors (Lipinski definition) is 1. The van der Waals surface area contributed by atoms with Crippen molar-refractivity contribution in [1.29, 1.82) is 0 Å². The minimum absolute atomic E-state index is 0.115. The monoisotopic (exact) mass is 229 g/mol. The second kappa shape index (κ2) is 3.77. The van der Waals surface area contributed by atoms with Gasteiger partial charge in [0.1, 0.15) is 5.54 Å². The molecule has 1 nitrogen and oxygen atoms in total. The Labute approximate surface area is 92.7 Å². The summed E-state index contributed by atoms with van der Waals surface area (Å²) in [5, 5.41) is 2.49. The molecule has 0 saturated carbocycles. The quantitative estimate of drug-likeness (QED) is 0.780. The molecule has 1 aromatic carbocycles. The van der Waals surface area contributed by atoms with Crippen LogP contribution in [0.2, 0.25) is 0 Å². The average molecular weight is 229 g/mol. The standard InChI is InChI=1S/C12H14F3N/c1-16-11(12(13,14)15)8-4-6-9-5-2-3-7-10(9)11/h2-3,5,7,16H,4,6,8H2,1H3. The van der Waals surface area contributed by atoms with E-state index in [1.807, 2.05) is 0 Å². The third-order valence-corrected chi connectivity index (χ3v) is 3.39. The van der Waals surface area contributed by atoms with Gasteiger partial charge in [-0.1, -0.05) is 24.3 Å². The first-order valence-corrected chi connectivity index (χ1v) is 5.35. The Kier molecular flexibility index (Phi) is 2.70. The van der Waals surface area contributed by atoms with Crippen LogP contribution >= 0.6 is 0 Å². The van der Waals surface area contributed by atoms with E-state index in [1.54, 1.807) is 24.3 Å². The highest BCUT2D eigenvalue weighted by molar-refractivity contribution is 5.37. The van der Waals surface area contributed by atoms with Crippen molar-refractivity contribution < 1.29 is 13.2 Å². The van der Waals surface area contributed by atoms with Gasteiger partial charge in [0.05, 0.1) is 0 Å². The van der Waals surface area contributed by atoms with Gasteiger partial charge in [-0.15, -0.1) is 0 Å². The van der Waals surface area contributed by atoms with Gasteiger partial charge in [0.2, 0.25) is 0 Å². The largest absolute Gasteiger partial charge is 0.410 e. The smallest absolute Gasteiger partial charge is 0.303 e. The normalized spacial score (nSPS) is 25.2. The number of nitrogens with one attached hydrogen (secondary N) is 1. The van der Waals surface area contributed by atoms with E-state index in [4.69, 9.17) is 0 Å². The van der Waals surface area contributed by atoms with Gasteiger partial charge >= 0.3 is 6.18 Å². The first kappa shape index (κ1) is 11.5. The summed E-state index contributed by atoms with van der Waals surface area (Å²) in [5.74, 6) is 0. The third kappa shape index (κ3) is 1.52. The number of benzene rings is 1. The molecule has 0 radical (unpaired) electrons. The zero-order chi connectivity index (χ0) is 11.8. The van der Waals surface area contributed by atoms with E-state index in [-0.39, 0.29) is 6.42 Å². The van der Waals surface area contributed by atoms with Crippen molar-refractivity contribution in [2.75, 3.05) is 7.05 Å². The average Bonchev–Trinajstić information content (AvgIpc) is 2.26. The van der Waals surface area contributed by atoms with Gasteiger partial charge < -0.3 is 5.32 Å². The molecule has 88 valence electrons. The predicted octanol–water partition coefficient (Wildman–Crippen LogP) is 3.00. The van der Waals surface area contributed by atoms with Crippen LogP contribution in [-0.4, -0.2) is 13.2 Å². The Morgan fingerprint density at radius 3 is 2.56 bits per heavy atom. The van der Waals surface area contributed by atoms with Crippen molar-refractivity contribution in [2.45, 2.75) is 31.0 Å². The lowest BCUT2D eigenvalue weighted by molar-refractivity contribution is -0.203. The lowest BCUT2D eigenvalue weighted by Gasteiger charge is -2.40. The number of hydrogen-bond donors (Lipinski definition) is 1. The van der Waals surface area contributed by atoms with Crippen LogP contribution in [-0.2, 0) is 12.0 Å². The highest BCUT2D eigenvalue weighted by Crippen LogP contribution is 2.46. The molecule has 1 aliphatic carbocycles. The van der Waals surface area contributed by atoms with Crippen molar-refractivity contribution in [2.24, 2.45) is 0 Å². The van der Waals surface area contributed by atoms with Crippen LogP contribution in [0.1, 0.15) is 24.0 Å². The van der Waals surface area contributed by atoms with Crippen LogP contribution < -0.4 is 5.32 Å². The van der Waals surface area contributed by atoms with Crippen LogP contribution in [0.5, 0.6) is 0 Å². The lowest BCUT2D eigenvalue weighted by Crippen LogP contribution is -2.54. The molecule has 0 spiro atoms.